The van der Waals surface area contributed by atoms with E-state index < -0.39 is 0 Å². The van der Waals surface area contributed by atoms with E-state index in [4.69, 9.17) is 14.2 Å². The Morgan fingerprint density at radius 3 is 2.86 bits per heavy atom. The van der Waals surface area contributed by atoms with Crippen LogP contribution in [-0.4, -0.2) is 19.7 Å². The Morgan fingerprint density at radius 2 is 2.21 bits per heavy atom. The normalized spacial score (nSPS) is 12.7. The second-order valence-corrected chi connectivity index (χ2v) is 2.94. The number of carbonyl (C=O) groups excluding carboxylic acids is 1. The van der Waals surface area contributed by atoms with Crippen molar-refractivity contribution < 1.29 is 19.0 Å². The van der Waals surface area contributed by atoms with E-state index in [2.05, 4.69) is 0 Å². The summed E-state index contributed by atoms with van der Waals surface area (Å²) in [6, 6.07) is 3.39. The summed E-state index contributed by atoms with van der Waals surface area (Å²) in [6.07, 6.45) is 0. The fraction of sp³-hybridized carbons (Fsp3) is 0.300. The van der Waals surface area contributed by atoms with Gasteiger partial charge in [0.2, 0.25) is 12.5 Å². The lowest BCUT2D eigenvalue weighted by atomic mass is 10.1. The van der Waals surface area contributed by atoms with Crippen LogP contribution in [0.25, 0.3) is 0 Å². The Bertz CT molecular complexity index is 384. The van der Waals surface area contributed by atoms with Gasteiger partial charge in [-0.05, 0) is 19.1 Å². The molecule has 1 aromatic rings. The van der Waals surface area contributed by atoms with Crippen molar-refractivity contribution in [2.45, 2.75) is 6.92 Å². The molecule has 14 heavy (non-hydrogen) atoms. The van der Waals surface area contributed by atoms with Gasteiger partial charge in [-0.1, -0.05) is 0 Å². The monoisotopic (exact) mass is 194 g/mol. The highest BCUT2D eigenvalue weighted by Crippen LogP contribution is 2.42. The number of Topliss-reactive ketones (excluding diaryl/α,β-unsaturated/α-hetero) is 1. The van der Waals surface area contributed by atoms with Crippen molar-refractivity contribution >= 4 is 5.78 Å². The van der Waals surface area contributed by atoms with Crippen LogP contribution in [0.4, 0.5) is 0 Å². The van der Waals surface area contributed by atoms with Gasteiger partial charge in [0, 0.05) is 0 Å². The first-order chi connectivity index (χ1) is 6.74. The van der Waals surface area contributed by atoms with Crippen LogP contribution in [-0.2, 0) is 0 Å². The molecule has 1 aliphatic heterocycles. The third-order valence-corrected chi connectivity index (χ3v) is 2.08. The van der Waals surface area contributed by atoms with E-state index in [9.17, 15) is 4.79 Å². The van der Waals surface area contributed by atoms with Gasteiger partial charge in [-0.25, -0.2) is 0 Å². The zero-order valence-electron chi connectivity index (χ0n) is 7.99. The molecule has 0 saturated carbocycles. The van der Waals surface area contributed by atoms with E-state index in [1.54, 1.807) is 12.1 Å². The van der Waals surface area contributed by atoms with Crippen molar-refractivity contribution in [3.63, 3.8) is 0 Å². The Hall–Kier alpha value is -1.71. The molecule has 0 unspecified atom stereocenters. The minimum absolute atomic E-state index is 0.0554. The highest BCUT2D eigenvalue weighted by atomic mass is 16.7. The summed E-state index contributed by atoms with van der Waals surface area (Å²) in [5.74, 6) is 1.53. The first-order valence-corrected chi connectivity index (χ1v) is 4.21. The molecule has 0 atom stereocenters. The minimum Gasteiger partial charge on any atom is -0.492 e. The SMILES string of the molecule is COc1c(C(C)=O)ccc2c1OCO2. The summed E-state index contributed by atoms with van der Waals surface area (Å²) in [4.78, 5) is 11.2. The zero-order chi connectivity index (χ0) is 10.1. The lowest BCUT2D eigenvalue weighted by Gasteiger charge is -2.08. The van der Waals surface area contributed by atoms with Crippen molar-refractivity contribution in [3.8, 4) is 17.2 Å². The molecular formula is C10H10O4. The van der Waals surface area contributed by atoms with E-state index in [0.717, 1.165) is 0 Å². The van der Waals surface area contributed by atoms with Crippen LogP contribution in [0.5, 0.6) is 17.2 Å². The number of hydrogen-bond acceptors (Lipinski definition) is 4. The van der Waals surface area contributed by atoms with Gasteiger partial charge in [0.1, 0.15) is 0 Å². The molecule has 0 N–H and O–H groups in total. The summed E-state index contributed by atoms with van der Waals surface area (Å²) in [5.41, 5.74) is 0.511. The summed E-state index contributed by atoms with van der Waals surface area (Å²) in [5, 5.41) is 0. The van der Waals surface area contributed by atoms with Gasteiger partial charge in [-0.3, -0.25) is 4.79 Å². The number of methoxy groups -OCH3 is 1. The number of fused-ring (bicyclic) bond motifs is 1. The number of carbonyl (C=O) groups is 1. The van der Waals surface area contributed by atoms with Gasteiger partial charge in [-0.15, -0.1) is 0 Å². The molecule has 0 amide bonds. The minimum atomic E-state index is -0.0554. The zero-order valence-corrected chi connectivity index (χ0v) is 7.99. The van der Waals surface area contributed by atoms with Crippen LogP contribution in [0.15, 0.2) is 12.1 Å². The molecule has 4 nitrogen and oxygen atoms in total. The summed E-state index contributed by atoms with van der Waals surface area (Å²) >= 11 is 0. The van der Waals surface area contributed by atoms with Crippen LogP contribution in [0.3, 0.4) is 0 Å². The van der Waals surface area contributed by atoms with Crippen molar-refractivity contribution in [1.82, 2.24) is 0 Å². The van der Waals surface area contributed by atoms with Crippen LogP contribution < -0.4 is 14.2 Å². The summed E-state index contributed by atoms with van der Waals surface area (Å²) < 4.78 is 15.5. The Balaban J connectivity index is 2.59. The van der Waals surface area contributed by atoms with E-state index >= 15 is 0 Å². The average molecular weight is 194 g/mol. The largest absolute Gasteiger partial charge is 0.492 e. The smallest absolute Gasteiger partial charge is 0.231 e. The number of hydrogen-bond donors (Lipinski definition) is 0. The molecule has 0 saturated heterocycles. The van der Waals surface area contributed by atoms with Gasteiger partial charge >= 0.3 is 0 Å². The number of benzene rings is 1. The molecule has 4 heteroatoms. The van der Waals surface area contributed by atoms with Crippen molar-refractivity contribution in [1.29, 1.82) is 0 Å². The Kier molecular flexibility index (Phi) is 2.04. The van der Waals surface area contributed by atoms with Crippen LogP contribution in [0.1, 0.15) is 17.3 Å². The molecule has 0 spiro atoms. The maximum atomic E-state index is 11.2. The molecule has 1 heterocycles. The van der Waals surface area contributed by atoms with Crippen molar-refractivity contribution in [3.05, 3.63) is 17.7 Å². The fourth-order valence-electron chi connectivity index (χ4n) is 1.43. The second-order valence-electron chi connectivity index (χ2n) is 2.94. The Morgan fingerprint density at radius 1 is 1.43 bits per heavy atom. The molecule has 74 valence electrons. The maximum absolute atomic E-state index is 11.2. The van der Waals surface area contributed by atoms with E-state index in [1.165, 1.54) is 14.0 Å². The Labute approximate surface area is 81.4 Å². The number of ether oxygens (including phenoxy) is 3. The van der Waals surface area contributed by atoms with Crippen LogP contribution >= 0.6 is 0 Å². The second kappa shape index (κ2) is 3.21. The highest BCUT2D eigenvalue weighted by molar-refractivity contribution is 5.98. The number of rotatable bonds is 2. The topological polar surface area (TPSA) is 44.8 Å². The molecular weight excluding hydrogens is 184 g/mol. The molecule has 2 rings (SSSR count). The predicted molar refractivity (Wildman–Crippen MR) is 49.1 cm³/mol. The molecule has 0 radical (unpaired) electrons. The third kappa shape index (κ3) is 1.19. The van der Waals surface area contributed by atoms with Crippen molar-refractivity contribution in [2.24, 2.45) is 0 Å². The van der Waals surface area contributed by atoms with Gasteiger partial charge in [0.15, 0.2) is 17.3 Å². The average Bonchev–Trinajstić information content (AvgIpc) is 2.63. The summed E-state index contributed by atoms with van der Waals surface area (Å²) in [6.45, 7) is 1.66. The van der Waals surface area contributed by atoms with Crippen molar-refractivity contribution in [2.75, 3.05) is 13.9 Å². The predicted octanol–water partition coefficient (Wildman–Crippen LogP) is 1.63. The number of ketones is 1. The fourth-order valence-corrected chi connectivity index (χ4v) is 1.43. The maximum Gasteiger partial charge on any atom is 0.231 e. The molecule has 0 aliphatic carbocycles. The quantitative estimate of drug-likeness (QED) is 0.671. The van der Waals surface area contributed by atoms with Crippen LogP contribution in [0.2, 0.25) is 0 Å². The van der Waals surface area contributed by atoms with Gasteiger partial charge in [-0.2, -0.15) is 0 Å². The van der Waals surface area contributed by atoms with E-state index in [-0.39, 0.29) is 12.6 Å². The lowest BCUT2D eigenvalue weighted by Crippen LogP contribution is -1.98. The first kappa shape index (κ1) is 8.87. The van der Waals surface area contributed by atoms with Crippen LogP contribution in [0, 0.1) is 0 Å². The van der Waals surface area contributed by atoms with Gasteiger partial charge in [0.05, 0.1) is 12.7 Å². The lowest BCUT2D eigenvalue weighted by molar-refractivity contribution is 0.101. The molecule has 1 aliphatic rings. The highest BCUT2D eigenvalue weighted by Gasteiger charge is 2.23. The van der Waals surface area contributed by atoms with E-state index in [1.807, 2.05) is 0 Å². The van der Waals surface area contributed by atoms with Gasteiger partial charge < -0.3 is 14.2 Å². The molecule has 0 bridgehead atoms. The molecule has 0 aromatic heterocycles. The molecule has 1 aromatic carbocycles. The summed E-state index contributed by atoms with van der Waals surface area (Å²) in [7, 11) is 1.50. The standard InChI is InChI=1S/C10H10O4/c1-6(11)7-3-4-8-10(9(7)12-2)14-5-13-8/h3-4H,5H2,1-2H3. The molecule has 0 fully saturated rings. The third-order valence-electron chi connectivity index (χ3n) is 2.08. The first-order valence-electron chi connectivity index (χ1n) is 4.21. The van der Waals surface area contributed by atoms with Gasteiger partial charge in [0.25, 0.3) is 0 Å². The van der Waals surface area contributed by atoms with E-state index in [0.29, 0.717) is 22.8 Å².